The number of rotatable bonds is 13. The second-order valence-corrected chi connectivity index (χ2v) is 6.95. The lowest BCUT2D eigenvalue weighted by molar-refractivity contribution is -0.137. The molecule has 0 amide bonds. The first-order valence-corrected chi connectivity index (χ1v) is 9.68. The zero-order chi connectivity index (χ0) is 19.4. The van der Waals surface area contributed by atoms with Gasteiger partial charge in [0.2, 0.25) is 0 Å². The summed E-state index contributed by atoms with van der Waals surface area (Å²) < 4.78 is 5.70. The molecule has 26 heavy (non-hydrogen) atoms. The van der Waals surface area contributed by atoms with Crippen LogP contribution < -0.4 is 0 Å². The summed E-state index contributed by atoms with van der Waals surface area (Å²) >= 11 is 0. The zero-order valence-corrected chi connectivity index (χ0v) is 15.7. The average molecular weight is 370 g/mol. The number of carbonyl (C=O) groups is 1. The number of ether oxygens (including phenoxy) is 1. The van der Waals surface area contributed by atoms with Crippen LogP contribution in [0.4, 0.5) is 0 Å². The maximum atomic E-state index is 10.5. The molecule has 6 heteroatoms. The largest absolute Gasteiger partial charge is 0.481 e. The highest BCUT2D eigenvalue weighted by Gasteiger charge is 2.35. The maximum Gasteiger partial charge on any atom is 0.303 e. The molecule has 0 aliphatic carbocycles. The van der Waals surface area contributed by atoms with Crippen molar-refractivity contribution in [3.8, 4) is 0 Å². The summed E-state index contributed by atoms with van der Waals surface area (Å²) in [4.78, 5) is 10.5. The standard InChI is InChI=1S/C20H34O6/c1-2-3-4-5-6-7-10-16(22)19-14-17(23)18(26-19)13-12-15(21)9-8-11-20(24)25/h6-7,12-13,15-19,21-23H,2-5,8-11,14H2,1H3,(H,24,25)/b7-6-,13-12+/t15-,16-,17+,18+,19-/m1/s1. The van der Waals surface area contributed by atoms with Crippen molar-refractivity contribution < 1.29 is 30.0 Å². The van der Waals surface area contributed by atoms with E-state index in [1.54, 1.807) is 6.08 Å². The predicted octanol–water partition coefficient (Wildman–Crippen LogP) is 2.56. The van der Waals surface area contributed by atoms with Gasteiger partial charge in [0, 0.05) is 12.8 Å². The number of aliphatic carboxylic acids is 1. The van der Waals surface area contributed by atoms with Crippen molar-refractivity contribution in [2.75, 3.05) is 0 Å². The third kappa shape index (κ3) is 9.48. The Morgan fingerprint density at radius 2 is 2.00 bits per heavy atom. The first-order chi connectivity index (χ1) is 12.4. The lowest BCUT2D eigenvalue weighted by atomic mass is 10.0. The molecule has 0 spiro atoms. The smallest absolute Gasteiger partial charge is 0.303 e. The number of hydrogen-bond donors (Lipinski definition) is 4. The van der Waals surface area contributed by atoms with Crippen LogP contribution in [0.15, 0.2) is 24.3 Å². The molecule has 1 rings (SSSR count). The molecule has 5 atom stereocenters. The van der Waals surface area contributed by atoms with Gasteiger partial charge < -0.3 is 25.2 Å². The Morgan fingerprint density at radius 1 is 1.23 bits per heavy atom. The fourth-order valence-corrected chi connectivity index (χ4v) is 2.96. The Labute approximate surface area is 156 Å². The van der Waals surface area contributed by atoms with Gasteiger partial charge in [0.25, 0.3) is 0 Å². The molecule has 1 aliphatic heterocycles. The Hall–Kier alpha value is -1.21. The number of aliphatic hydroxyl groups excluding tert-OH is 3. The summed E-state index contributed by atoms with van der Waals surface area (Å²) in [7, 11) is 0. The van der Waals surface area contributed by atoms with E-state index in [0.717, 1.165) is 12.8 Å². The molecule has 0 saturated carbocycles. The van der Waals surface area contributed by atoms with Crippen molar-refractivity contribution in [1.82, 2.24) is 0 Å². The summed E-state index contributed by atoms with van der Waals surface area (Å²) in [6, 6.07) is 0. The number of hydrogen-bond acceptors (Lipinski definition) is 5. The Bertz CT molecular complexity index is 448. The van der Waals surface area contributed by atoms with Crippen LogP contribution in [0, 0.1) is 0 Å². The molecule has 0 bridgehead atoms. The minimum Gasteiger partial charge on any atom is -0.481 e. The molecule has 1 saturated heterocycles. The van der Waals surface area contributed by atoms with Gasteiger partial charge in [-0.25, -0.2) is 0 Å². The molecule has 150 valence electrons. The normalized spacial score (nSPS) is 25.9. The monoisotopic (exact) mass is 370 g/mol. The molecule has 0 aromatic rings. The highest BCUT2D eigenvalue weighted by Crippen LogP contribution is 2.25. The first kappa shape index (κ1) is 22.8. The quantitative estimate of drug-likeness (QED) is 0.293. The van der Waals surface area contributed by atoms with Crippen LogP contribution in [0.1, 0.15) is 64.7 Å². The number of unbranched alkanes of at least 4 members (excludes halogenated alkanes) is 3. The van der Waals surface area contributed by atoms with E-state index >= 15 is 0 Å². The van der Waals surface area contributed by atoms with E-state index in [9.17, 15) is 20.1 Å². The lowest BCUT2D eigenvalue weighted by Crippen LogP contribution is -2.25. The lowest BCUT2D eigenvalue weighted by Gasteiger charge is -2.16. The van der Waals surface area contributed by atoms with Crippen molar-refractivity contribution in [2.45, 2.75) is 95.2 Å². The topological polar surface area (TPSA) is 107 Å². The second kappa shape index (κ2) is 13.0. The average Bonchev–Trinajstić information content (AvgIpc) is 2.96. The molecule has 0 radical (unpaired) electrons. The number of aliphatic hydroxyl groups is 3. The fourth-order valence-electron chi connectivity index (χ4n) is 2.96. The highest BCUT2D eigenvalue weighted by molar-refractivity contribution is 5.66. The molecule has 4 N–H and O–H groups in total. The first-order valence-electron chi connectivity index (χ1n) is 9.68. The van der Waals surface area contributed by atoms with E-state index in [0.29, 0.717) is 25.7 Å². The van der Waals surface area contributed by atoms with Crippen molar-refractivity contribution in [1.29, 1.82) is 0 Å². The van der Waals surface area contributed by atoms with Crippen LogP contribution in [-0.2, 0) is 9.53 Å². The third-order valence-electron chi connectivity index (χ3n) is 4.55. The summed E-state index contributed by atoms with van der Waals surface area (Å²) in [6.07, 6.45) is 10.2. The maximum absolute atomic E-state index is 10.5. The van der Waals surface area contributed by atoms with Gasteiger partial charge in [-0.15, -0.1) is 0 Å². The van der Waals surface area contributed by atoms with Gasteiger partial charge in [-0.1, -0.05) is 44.1 Å². The van der Waals surface area contributed by atoms with Crippen LogP contribution in [0.5, 0.6) is 0 Å². The van der Waals surface area contributed by atoms with Crippen LogP contribution in [-0.4, -0.2) is 56.9 Å². The summed E-state index contributed by atoms with van der Waals surface area (Å²) in [5, 5.41) is 38.7. The highest BCUT2D eigenvalue weighted by atomic mass is 16.5. The van der Waals surface area contributed by atoms with E-state index in [2.05, 4.69) is 13.0 Å². The van der Waals surface area contributed by atoms with Crippen molar-refractivity contribution in [3.63, 3.8) is 0 Å². The van der Waals surface area contributed by atoms with E-state index in [1.165, 1.54) is 18.9 Å². The molecule has 1 heterocycles. The third-order valence-corrected chi connectivity index (χ3v) is 4.55. The minimum absolute atomic E-state index is 0.0215. The molecule has 1 aliphatic rings. The van der Waals surface area contributed by atoms with E-state index < -0.39 is 36.5 Å². The van der Waals surface area contributed by atoms with Gasteiger partial charge in [0.05, 0.1) is 24.4 Å². The zero-order valence-electron chi connectivity index (χ0n) is 15.7. The SMILES string of the molecule is CCCCC/C=C\C[C@@H](O)[C@H]1C[C@H](O)[C@H](/C=C/[C@H](O)CCCC(=O)O)O1. The summed E-state index contributed by atoms with van der Waals surface area (Å²) in [5.74, 6) is -0.882. The van der Waals surface area contributed by atoms with Gasteiger partial charge in [-0.05, 0) is 32.1 Å². The molecule has 0 aromatic carbocycles. The van der Waals surface area contributed by atoms with Crippen LogP contribution >= 0.6 is 0 Å². The Morgan fingerprint density at radius 3 is 2.69 bits per heavy atom. The van der Waals surface area contributed by atoms with Gasteiger partial charge in [0.15, 0.2) is 0 Å². The van der Waals surface area contributed by atoms with Gasteiger partial charge in [-0.3, -0.25) is 4.79 Å². The van der Waals surface area contributed by atoms with Crippen LogP contribution in [0.2, 0.25) is 0 Å². The summed E-state index contributed by atoms with van der Waals surface area (Å²) in [6.45, 7) is 2.16. The second-order valence-electron chi connectivity index (χ2n) is 6.95. The van der Waals surface area contributed by atoms with Gasteiger partial charge in [-0.2, -0.15) is 0 Å². The molecule has 6 nitrogen and oxygen atoms in total. The Kier molecular flexibility index (Phi) is 11.4. The van der Waals surface area contributed by atoms with E-state index in [-0.39, 0.29) is 6.42 Å². The van der Waals surface area contributed by atoms with Crippen LogP contribution in [0.3, 0.4) is 0 Å². The molecule has 1 fully saturated rings. The summed E-state index contributed by atoms with van der Waals surface area (Å²) in [5.41, 5.74) is 0. The predicted molar refractivity (Wildman–Crippen MR) is 99.8 cm³/mol. The molecule has 0 unspecified atom stereocenters. The van der Waals surface area contributed by atoms with Crippen molar-refractivity contribution >= 4 is 5.97 Å². The number of carboxylic acid groups (broad SMARTS) is 1. The van der Waals surface area contributed by atoms with Crippen molar-refractivity contribution in [3.05, 3.63) is 24.3 Å². The molecular formula is C20H34O6. The Balaban J connectivity index is 2.32. The van der Waals surface area contributed by atoms with Gasteiger partial charge >= 0.3 is 5.97 Å². The number of carboxylic acids is 1. The molecule has 0 aromatic heterocycles. The van der Waals surface area contributed by atoms with Crippen LogP contribution in [0.25, 0.3) is 0 Å². The van der Waals surface area contributed by atoms with Crippen molar-refractivity contribution in [2.24, 2.45) is 0 Å². The fraction of sp³-hybridized carbons (Fsp3) is 0.750. The van der Waals surface area contributed by atoms with E-state index in [1.807, 2.05) is 6.08 Å². The minimum atomic E-state index is -0.882. The number of allylic oxidation sites excluding steroid dienone is 1. The molecular weight excluding hydrogens is 336 g/mol. The van der Waals surface area contributed by atoms with Gasteiger partial charge in [0.1, 0.15) is 6.10 Å². The van der Waals surface area contributed by atoms with E-state index in [4.69, 9.17) is 9.84 Å².